The lowest BCUT2D eigenvalue weighted by Crippen LogP contribution is -2.55. The number of benzene rings is 2. The van der Waals surface area contributed by atoms with Gasteiger partial charge in [0.2, 0.25) is 0 Å². The number of methoxy groups -OCH3 is 3. The molecule has 2 aromatic carbocycles. The van der Waals surface area contributed by atoms with Crippen LogP contribution in [0.1, 0.15) is 55.5 Å². The van der Waals surface area contributed by atoms with Crippen LogP contribution in [0.5, 0.6) is 17.2 Å². The molecule has 0 aliphatic carbocycles. The fourth-order valence-electron chi connectivity index (χ4n) is 5.18. The minimum absolute atomic E-state index is 0.0467. The van der Waals surface area contributed by atoms with Crippen molar-refractivity contribution in [2.75, 3.05) is 41.1 Å². The number of ether oxygens (including phenoxy) is 4. The number of piperidine rings is 1. The summed E-state index contributed by atoms with van der Waals surface area (Å²) >= 11 is 0. The van der Waals surface area contributed by atoms with Crippen molar-refractivity contribution >= 4 is 11.9 Å². The molecule has 1 aliphatic heterocycles. The highest BCUT2D eigenvalue weighted by Crippen LogP contribution is 2.31. The van der Waals surface area contributed by atoms with E-state index in [2.05, 4.69) is 4.90 Å². The standard InChI is InChI=1S/C30H42N2O7/c1-21(2)32(30(35)23-9-14-27(38-5)28(17-23)39-16-6-15-36-3)25-11-10-24(18-29(33)34)31(20-25)19-22-7-12-26(37-4)13-8-22/h7-9,12-14,17,21,24-25H,6,10-11,15-16,18-20H2,1-5H3,(H,33,34)/t24-,25?/m0/s1. The van der Waals surface area contributed by atoms with Gasteiger partial charge in [0.25, 0.3) is 5.91 Å². The summed E-state index contributed by atoms with van der Waals surface area (Å²) in [5, 5.41) is 9.54. The number of carboxylic acids is 1. The predicted molar refractivity (Wildman–Crippen MR) is 149 cm³/mol. The first-order chi connectivity index (χ1) is 18.8. The lowest BCUT2D eigenvalue weighted by molar-refractivity contribution is -0.139. The van der Waals surface area contributed by atoms with E-state index in [0.29, 0.717) is 49.8 Å². The molecular weight excluding hydrogens is 500 g/mol. The molecule has 1 amide bonds. The Labute approximate surface area is 231 Å². The number of likely N-dealkylation sites (tertiary alicyclic amines) is 1. The molecule has 1 aliphatic rings. The average molecular weight is 543 g/mol. The maximum absolute atomic E-state index is 13.9. The van der Waals surface area contributed by atoms with Crippen molar-refractivity contribution < 1.29 is 33.6 Å². The first kappa shape index (κ1) is 30.2. The van der Waals surface area contributed by atoms with E-state index in [1.54, 1.807) is 39.5 Å². The molecule has 1 fully saturated rings. The highest BCUT2D eigenvalue weighted by Gasteiger charge is 2.36. The number of rotatable bonds is 14. The van der Waals surface area contributed by atoms with Crippen LogP contribution in [0.2, 0.25) is 0 Å². The number of amides is 1. The topological polar surface area (TPSA) is 97.8 Å². The molecule has 3 rings (SSSR count). The largest absolute Gasteiger partial charge is 0.497 e. The van der Waals surface area contributed by atoms with Crippen molar-refractivity contribution in [1.82, 2.24) is 9.80 Å². The number of hydrogen-bond donors (Lipinski definition) is 1. The minimum Gasteiger partial charge on any atom is -0.497 e. The number of hydrogen-bond acceptors (Lipinski definition) is 7. The van der Waals surface area contributed by atoms with Gasteiger partial charge in [0.15, 0.2) is 11.5 Å². The van der Waals surface area contributed by atoms with E-state index in [1.807, 2.05) is 43.0 Å². The summed E-state index contributed by atoms with van der Waals surface area (Å²) in [6.45, 7) is 6.25. The maximum atomic E-state index is 13.9. The molecule has 0 saturated carbocycles. The first-order valence-electron chi connectivity index (χ1n) is 13.5. The van der Waals surface area contributed by atoms with E-state index in [-0.39, 0.29) is 30.5 Å². The van der Waals surface area contributed by atoms with Crippen molar-refractivity contribution in [1.29, 1.82) is 0 Å². The number of aliphatic carboxylic acids is 1. The van der Waals surface area contributed by atoms with Crippen LogP contribution in [0.4, 0.5) is 0 Å². The Hall–Kier alpha value is -3.30. The zero-order valence-electron chi connectivity index (χ0n) is 23.7. The number of nitrogens with zero attached hydrogens (tertiary/aromatic N) is 2. The monoisotopic (exact) mass is 542 g/mol. The van der Waals surface area contributed by atoms with Crippen LogP contribution in [0.15, 0.2) is 42.5 Å². The Kier molecular flexibility index (Phi) is 11.4. The van der Waals surface area contributed by atoms with Crippen LogP contribution in [-0.2, 0) is 16.1 Å². The van der Waals surface area contributed by atoms with Gasteiger partial charge in [0, 0.05) is 56.9 Å². The van der Waals surface area contributed by atoms with Gasteiger partial charge >= 0.3 is 5.97 Å². The molecule has 214 valence electrons. The summed E-state index contributed by atoms with van der Waals surface area (Å²) in [5.41, 5.74) is 1.60. The van der Waals surface area contributed by atoms with Crippen molar-refractivity contribution in [3.05, 3.63) is 53.6 Å². The zero-order chi connectivity index (χ0) is 28.4. The molecule has 1 unspecified atom stereocenters. The highest BCUT2D eigenvalue weighted by molar-refractivity contribution is 5.95. The summed E-state index contributed by atoms with van der Waals surface area (Å²) in [7, 11) is 4.85. The van der Waals surface area contributed by atoms with Crippen LogP contribution in [-0.4, -0.2) is 86.0 Å². The Morgan fingerprint density at radius 2 is 1.74 bits per heavy atom. The van der Waals surface area contributed by atoms with Crippen LogP contribution in [0, 0.1) is 0 Å². The van der Waals surface area contributed by atoms with E-state index in [1.165, 1.54) is 0 Å². The quantitative estimate of drug-likeness (QED) is 0.349. The van der Waals surface area contributed by atoms with Gasteiger partial charge in [-0.3, -0.25) is 14.5 Å². The fourth-order valence-corrected chi connectivity index (χ4v) is 5.18. The van der Waals surface area contributed by atoms with Crippen LogP contribution < -0.4 is 14.2 Å². The van der Waals surface area contributed by atoms with Gasteiger partial charge in [-0.1, -0.05) is 12.1 Å². The third-order valence-electron chi connectivity index (χ3n) is 7.09. The molecule has 0 aromatic heterocycles. The Bertz CT molecular complexity index is 1070. The van der Waals surface area contributed by atoms with E-state index < -0.39 is 5.97 Å². The SMILES string of the molecule is COCCCOc1cc(C(=O)N(C(C)C)C2CC[C@@H](CC(=O)O)N(Cc3ccc(OC)cc3)C2)ccc1OC. The molecule has 9 heteroatoms. The summed E-state index contributed by atoms with van der Waals surface area (Å²) in [4.78, 5) is 29.6. The van der Waals surface area contributed by atoms with Crippen molar-refractivity contribution in [3.8, 4) is 17.2 Å². The Balaban J connectivity index is 1.81. The average Bonchev–Trinajstić information content (AvgIpc) is 2.92. The van der Waals surface area contributed by atoms with Crippen molar-refractivity contribution in [2.24, 2.45) is 0 Å². The number of carboxylic acid groups (broad SMARTS) is 1. The van der Waals surface area contributed by atoms with E-state index in [9.17, 15) is 14.7 Å². The van der Waals surface area contributed by atoms with E-state index >= 15 is 0 Å². The second kappa shape index (κ2) is 14.7. The third-order valence-corrected chi connectivity index (χ3v) is 7.09. The van der Waals surface area contributed by atoms with Crippen molar-refractivity contribution in [3.63, 3.8) is 0 Å². The highest BCUT2D eigenvalue weighted by atomic mass is 16.5. The van der Waals surface area contributed by atoms with E-state index in [0.717, 1.165) is 24.2 Å². The molecule has 9 nitrogen and oxygen atoms in total. The molecule has 0 bridgehead atoms. The van der Waals surface area contributed by atoms with Gasteiger partial charge < -0.3 is 29.0 Å². The normalized spacial score (nSPS) is 17.6. The maximum Gasteiger partial charge on any atom is 0.304 e. The summed E-state index contributed by atoms with van der Waals surface area (Å²) in [5.74, 6) is 0.969. The lowest BCUT2D eigenvalue weighted by Gasteiger charge is -2.45. The van der Waals surface area contributed by atoms with Crippen LogP contribution in [0.3, 0.4) is 0 Å². The Morgan fingerprint density at radius 1 is 1.00 bits per heavy atom. The first-order valence-corrected chi connectivity index (χ1v) is 13.5. The predicted octanol–water partition coefficient (Wildman–Crippen LogP) is 4.48. The van der Waals surface area contributed by atoms with Gasteiger partial charge in [-0.25, -0.2) is 0 Å². The number of carbonyl (C=O) groups excluding carboxylic acids is 1. The molecule has 0 radical (unpaired) electrons. The van der Waals surface area contributed by atoms with Gasteiger partial charge in [0.1, 0.15) is 5.75 Å². The molecule has 1 saturated heterocycles. The van der Waals surface area contributed by atoms with Gasteiger partial charge in [-0.2, -0.15) is 0 Å². The summed E-state index contributed by atoms with van der Waals surface area (Å²) in [6, 6.07) is 12.9. The Morgan fingerprint density at radius 3 is 2.36 bits per heavy atom. The lowest BCUT2D eigenvalue weighted by atomic mass is 9.93. The molecule has 0 spiro atoms. The summed E-state index contributed by atoms with van der Waals surface area (Å²) in [6.07, 6.45) is 2.22. The van der Waals surface area contributed by atoms with Gasteiger partial charge in [-0.15, -0.1) is 0 Å². The number of carbonyl (C=O) groups is 2. The molecule has 2 aromatic rings. The molecule has 2 atom stereocenters. The van der Waals surface area contributed by atoms with E-state index in [4.69, 9.17) is 18.9 Å². The second-order valence-corrected chi connectivity index (χ2v) is 10.1. The summed E-state index contributed by atoms with van der Waals surface area (Å²) < 4.78 is 21.7. The molecule has 39 heavy (non-hydrogen) atoms. The minimum atomic E-state index is -0.814. The molecule has 1 N–H and O–H groups in total. The second-order valence-electron chi connectivity index (χ2n) is 10.1. The smallest absolute Gasteiger partial charge is 0.304 e. The molecular formula is C30H42N2O7. The van der Waals surface area contributed by atoms with Crippen molar-refractivity contribution in [2.45, 2.75) is 64.2 Å². The fraction of sp³-hybridized carbons (Fsp3) is 0.533. The van der Waals surface area contributed by atoms with Crippen LogP contribution >= 0.6 is 0 Å². The third kappa shape index (κ3) is 8.34. The zero-order valence-corrected chi connectivity index (χ0v) is 23.7. The van der Waals surface area contributed by atoms with Gasteiger partial charge in [0.05, 0.1) is 27.2 Å². The van der Waals surface area contributed by atoms with Gasteiger partial charge in [-0.05, 0) is 62.6 Å². The molecule has 1 heterocycles. The van der Waals surface area contributed by atoms with Crippen LogP contribution in [0.25, 0.3) is 0 Å².